The molecule has 0 aromatic carbocycles. The van der Waals surface area contributed by atoms with Crippen LogP contribution in [0.2, 0.25) is 0 Å². The summed E-state index contributed by atoms with van der Waals surface area (Å²) in [5.41, 5.74) is 0.514. The van der Waals surface area contributed by atoms with Gasteiger partial charge < -0.3 is 14.6 Å². The maximum Gasteiger partial charge on any atom is 0.255 e. The van der Waals surface area contributed by atoms with Gasteiger partial charge in [-0.05, 0) is 32.8 Å². The minimum Gasteiger partial charge on any atom is -0.465 e. The van der Waals surface area contributed by atoms with E-state index in [0.29, 0.717) is 11.3 Å². The lowest BCUT2D eigenvalue weighted by Crippen LogP contribution is -2.46. The summed E-state index contributed by atoms with van der Waals surface area (Å²) >= 11 is 0. The topological polar surface area (TPSA) is 62.6 Å². The van der Waals surface area contributed by atoms with Crippen LogP contribution >= 0.6 is 0 Å². The molecule has 1 saturated heterocycles. The zero-order valence-electron chi connectivity index (χ0n) is 13.2. The van der Waals surface area contributed by atoms with Crippen LogP contribution in [-0.4, -0.2) is 35.8 Å². The van der Waals surface area contributed by atoms with Gasteiger partial charge in [0.1, 0.15) is 17.6 Å². The molecular weight excluding hydrogens is 268 g/mol. The second kappa shape index (κ2) is 6.33. The highest BCUT2D eigenvalue weighted by Gasteiger charge is 2.26. The van der Waals surface area contributed by atoms with Crippen molar-refractivity contribution in [2.24, 2.45) is 0 Å². The fourth-order valence-electron chi connectivity index (χ4n) is 2.56. The molecular formula is C16H24N2O3. The predicted octanol–water partition coefficient (Wildman–Crippen LogP) is 2.45. The summed E-state index contributed by atoms with van der Waals surface area (Å²) < 4.78 is 5.58. The molecule has 2 amide bonds. The van der Waals surface area contributed by atoms with Crippen molar-refractivity contribution in [1.82, 2.24) is 10.2 Å². The average Bonchev–Trinajstić information content (AvgIpc) is 3.06. The van der Waals surface area contributed by atoms with Gasteiger partial charge in [0, 0.05) is 19.0 Å². The highest BCUT2D eigenvalue weighted by atomic mass is 16.3. The Morgan fingerprint density at radius 3 is 2.38 bits per heavy atom. The standard InChI is InChI=1S/C16H24N2O3/c1-10(2)14-9-13(12(4)21-14)15(19)17-11(3)16(20)18-7-5-6-8-18/h9-11H,5-8H2,1-4H3,(H,17,19)/t11-/m0/s1. The molecule has 1 aromatic rings. The van der Waals surface area contributed by atoms with Crippen molar-refractivity contribution in [3.05, 3.63) is 23.2 Å². The van der Waals surface area contributed by atoms with Crippen molar-refractivity contribution in [2.45, 2.75) is 52.5 Å². The van der Waals surface area contributed by atoms with Gasteiger partial charge in [-0.25, -0.2) is 0 Å². The normalized spacial score (nSPS) is 16.3. The fraction of sp³-hybridized carbons (Fsp3) is 0.625. The maximum absolute atomic E-state index is 12.3. The number of amides is 2. The number of rotatable bonds is 4. The first-order valence-corrected chi connectivity index (χ1v) is 7.60. The summed E-state index contributed by atoms with van der Waals surface area (Å²) in [4.78, 5) is 26.3. The van der Waals surface area contributed by atoms with Crippen LogP contribution < -0.4 is 5.32 Å². The molecule has 0 unspecified atom stereocenters. The van der Waals surface area contributed by atoms with E-state index in [4.69, 9.17) is 4.42 Å². The van der Waals surface area contributed by atoms with Crippen LogP contribution in [0.4, 0.5) is 0 Å². The van der Waals surface area contributed by atoms with Gasteiger partial charge in [-0.2, -0.15) is 0 Å². The number of furan rings is 1. The summed E-state index contributed by atoms with van der Waals surface area (Å²) in [6.45, 7) is 9.12. The Morgan fingerprint density at radius 1 is 1.24 bits per heavy atom. The maximum atomic E-state index is 12.3. The van der Waals surface area contributed by atoms with E-state index >= 15 is 0 Å². The SMILES string of the molecule is Cc1oc(C(C)C)cc1C(=O)N[C@@H](C)C(=O)N1CCCC1. The van der Waals surface area contributed by atoms with Crippen LogP contribution in [0.15, 0.2) is 10.5 Å². The van der Waals surface area contributed by atoms with E-state index in [0.717, 1.165) is 31.7 Å². The van der Waals surface area contributed by atoms with Gasteiger partial charge in [-0.1, -0.05) is 13.8 Å². The monoisotopic (exact) mass is 292 g/mol. The third-order valence-corrected chi connectivity index (χ3v) is 3.89. The fourth-order valence-corrected chi connectivity index (χ4v) is 2.56. The lowest BCUT2D eigenvalue weighted by molar-refractivity contribution is -0.131. The third-order valence-electron chi connectivity index (χ3n) is 3.89. The first kappa shape index (κ1) is 15.6. The van der Waals surface area contributed by atoms with Crippen molar-refractivity contribution >= 4 is 11.8 Å². The van der Waals surface area contributed by atoms with Crippen molar-refractivity contribution in [2.75, 3.05) is 13.1 Å². The summed E-state index contributed by atoms with van der Waals surface area (Å²) in [6, 6.07) is 1.26. The molecule has 1 aliphatic rings. The third kappa shape index (κ3) is 3.46. The number of nitrogens with zero attached hydrogens (tertiary/aromatic N) is 1. The smallest absolute Gasteiger partial charge is 0.255 e. The predicted molar refractivity (Wildman–Crippen MR) is 80.3 cm³/mol. The minimum absolute atomic E-state index is 0.00826. The highest BCUT2D eigenvalue weighted by Crippen LogP contribution is 2.21. The lowest BCUT2D eigenvalue weighted by Gasteiger charge is -2.20. The number of hydrogen-bond acceptors (Lipinski definition) is 3. The largest absolute Gasteiger partial charge is 0.465 e. The highest BCUT2D eigenvalue weighted by molar-refractivity contribution is 5.98. The summed E-state index contributed by atoms with van der Waals surface area (Å²) in [7, 11) is 0. The van der Waals surface area contributed by atoms with Crippen LogP contribution in [0.25, 0.3) is 0 Å². The molecule has 0 saturated carbocycles. The Morgan fingerprint density at radius 2 is 1.86 bits per heavy atom. The molecule has 5 heteroatoms. The van der Waals surface area contributed by atoms with E-state index in [1.807, 2.05) is 18.7 Å². The Kier molecular flexibility index (Phi) is 4.70. The van der Waals surface area contributed by atoms with Crippen LogP contribution in [0.1, 0.15) is 61.4 Å². The number of carbonyl (C=O) groups excluding carboxylic acids is 2. The van der Waals surface area contributed by atoms with Crippen molar-refractivity contribution < 1.29 is 14.0 Å². The van der Waals surface area contributed by atoms with Crippen molar-refractivity contribution in [1.29, 1.82) is 0 Å². The Hall–Kier alpha value is -1.78. The van der Waals surface area contributed by atoms with Crippen LogP contribution in [0.5, 0.6) is 0 Å². The first-order valence-electron chi connectivity index (χ1n) is 7.60. The molecule has 0 radical (unpaired) electrons. The van der Waals surface area contributed by atoms with Gasteiger partial charge >= 0.3 is 0 Å². The van der Waals surface area contributed by atoms with Crippen LogP contribution in [0.3, 0.4) is 0 Å². The van der Waals surface area contributed by atoms with Gasteiger partial charge in [0.05, 0.1) is 5.56 Å². The molecule has 0 spiro atoms. The molecule has 116 valence electrons. The number of hydrogen-bond donors (Lipinski definition) is 1. The summed E-state index contributed by atoms with van der Waals surface area (Å²) in [5.74, 6) is 1.36. The average molecular weight is 292 g/mol. The van der Waals surface area contributed by atoms with E-state index in [2.05, 4.69) is 5.32 Å². The Balaban J connectivity index is 2.01. The van der Waals surface area contributed by atoms with Gasteiger partial charge in [0.15, 0.2) is 0 Å². The van der Waals surface area contributed by atoms with Gasteiger partial charge in [-0.3, -0.25) is 9.59 Å². The zero-order chi connectivity index (χ0) is 15.6. The van der Waals surface area contributed by atoms with E-state index in [9.17, 15) is 9.59 Å². The first-order chi connectivity index (χ1) is 9.90. The molecule has 21 heavy (non-hydrogen) atoms. The Bertz CT molecular complexity index is 528. The van der Waals surface area contributed by atoms with E-state index in [1.54, 1.807) is 19.9 Å². The van der Waals surface area contributed by atoms with Gasteiger partial charge in [0.2, 0.25) is 5.91 Å². The van der Waals surface area contributed by atoms with E-state index < -0.39 is 6.04 Å². The molecule has 0 aliphatic carbocycles. The molecule has 2 heterocycles. The van der Waals surface area contributed by atoms with Gasteiger partial charge in [-0.15, -0.1) is 0 Å². The lowest BCUT2D eigenvalue weighted by atomic mass is 10.1. The zero-order valence-corrected chi connectivity index (χ0v) is 13.2. The molecule has 1 aromatic heterocycles. The van der Waals surface area contributed by atoms with Gasteiger partial charge in [0.25, 0.3) is 5.91 Å². The molecule has 1 atom stereocenters. The molecule has 0 bridgehead atoms. The minimum atomic E-state index is -0.507. The molecule has 5 nitrogen and oxygen atoms in total. The number of likely N-dealkylation sites (tertiary alicyclic amines) is 1. The van der Waals surface area contributed by atoms with Crippen LogP contribution in [0, 0.1) is 6.92 Å². The summed E-state index contributed by atoms with van der Waals surface area (Å²) in [6.07, 6.45) is 2.09. The number of nitrogens with one attached hydrogen (secondary N) is 1. The Labute approximate surface area is 125 Å². The van der Waals surface area contributed by atoms with Crippen LogP contribution in [-0.2, 0) is 4.79 Å². The number of aryl methyl sites for hydroxylation is 1. The van der Waals surface area contributed by atoms with E-state index in [1.165, 1.54) is 0 Å². The second-order valence-corrected chi connectivity index (χ2v) is 6.00. The van der Waals surface area contributed by atoms with E-state index in [-0.39, 0.29) is 17.7 Å². The quantitative estimate of drug-likeness (QED) is 0.927. The second-order valence-electron chi connectivity index (χ2n) is 6.00. The summed E-state index contributed by atoms with van der Waals surface area (Å²) in [5, 5.41) is 2.78. The molecule has 1 N–H and O–H groups in total. The molecule has 1 aliphatic heterocycles. The number of carbonyl (C=O) groups is 2. The molecule has 1 fully saturated rings. The van der Waals surface area contributed by atoms with Crippen molar-refractivity contribution in [3.8, 4) is 0 Å². The molecule has 2 rings (SSSR count). The van der Waals surface area contributed by atoms with Crippen molar-refractivity contribution in [3.63, 3.8) is 0 Å².